The van der Waals surface area contributed by atoms with Gasteiger partial charge in [-0.3, -0.25) is 0 Å². The van der Waals surface area contributed by atoms with E-state index in [2.05, 4.69) is 37.1 Å². The van der Waals surface area contributed by atoms with Crippen LogP contribution in [0.25, 0.3) is 11.0 Å². The van der Waals surface area contributed by atoms with Crippen LogP contribution in [-0.2, 0) is 12.5 Å². The van der Waals surface area contributed by atoms with Gasteiger partial charge in [-0.1, -0.05) is 57.2 Å². The molecule has 0 spiro atoms. The number of benzene rings is 2. The van der Waals surface area contributed by atoms with Gasteiger partial charge in [-0.2, -0.15) is 0 Å². The van der Waals surface area contributed by atoms with Gasteiger partial charge in [-0.15, -0.1) is 0 Å². The van der Waals surface area contributed by atoms with Gasteiger partial charge in [0.15, 0.2) is 6.23 Å². The van der Waals surface area contributed by atoms with E-state index in [1.165, 1.54) is 5.56 Å². The number of aliphatic hydroxyl groups is 1. The van der Waals surface area contributed by atoms with E-state index < -0.39 is 6.23 Å². The van der Waals surface area contributed by atoms with E-state index >= 15 is 0 Å². The summed E-state index contributed by atoms with van der Waals surface area (Å²) in [5.74, 6) is 0.653. The van der Waals surface area contributed by atoms with E-state index in [0.29, 0.717) is 5.95 Å². The Morgan fingerprint density at radius 1 is 1.09 bits per heavy atom. The molecular weight excluding hydrogens is 286 g/mol. The van der Waals surface area contributed by atoms with Crippen LogP contribution in [0.5, 0.6) is 0 Å². The average molecular weight is 309 g/mol. The van der Waals surface area contributed by atoms with Crippen molar-refractivity contribution in [2.24, 2.45) is 7.05 Å². The van der Waals surface area contributed by atoms with Gasteiger partial charge in [-0.25, -0.2) is 4.98 Å². The SMILES string of the molecule is Cn1c(NC(O)c2cccc(C(C)(C)C)c2)nc2ccccc21. The lowest BCUT2D eigenvalue weighted by atomic mass is 9.86. The highest BCUT2D eigenvalue weighted by Gasteiger charge is 2.17. The molecule has 3 aromatic rings. The Morgan fingerprint density at radius 3 is 2.52 bits per heavy atom. The molecular formula is C19H23N3O. The van der Waals surface area contributed by atoms with Crippen molar-refractivity contribution in [3.8, 4) is 0 Å². The van der Waals surface area contributed by atoms with Crippen molar-refractivity contribution in [1.29, 1.82) is 0 Å². The molecule has 4 nitrogen and oxygen atoms in total. The minimum Gasteiger partial charge on any atom is -0.369 e. The van der Waals surface area contributed by atoms with Gasteiger partial charge in [0.25, 0.3) is 0 Å². The van der Waals surface area contributed by atoms with E-state index in [1.54, 1.807) is 0 Å². The Hall–Kier alpha value is -2.33. The van der Waals surface area contributed by atoms with Gasteiger partial charge in [0.1, 0.15) is 0 Å². The van der Waals surface area contributed by atoms with Crippen molar-refractivity contribution < 1.29 is 5.11 Å². The molecule has 0 fully saturated rings. The third kappa shape index (κ3) is 3.08. The number of hydrogen-bond donors (Lipinski definition) is 2. The van der Waals surface area contributed by atoms with E-state index in [0.717, 1.165) is 16.6 Å². The summed E-state index contributed by atoms with van der Waals surface area (Å²) in [7, 11) is 1.94. The van der Waals surface area contributed by atoms with Crippen molar-refractivity contribution in [2.45, 2.75) is 32.4 Å². The van der Waals surface area contributed by atoms with E-state index in [4.69, 9.17) is 0 Å². The van der Waals surface area contributed by atoms with Crippen LogP contribution < -0.4 is 5.32 Å². The summed E-state index contributed by atoms with van der Waals surface area (Å²) in [6, 6.07) is 16.0. The second-order valence-corrected chi connectivity index (χ2v) is 6.91. The number of hydrogen-bond acceptors (Lipinski definition) is 3. The molecule has 1 atom stereocenters. The number of aliphatic hydroxyl groups excluding tert-OH is 1. The maximum Gasteiger partial charge on any atom is 0.205 e. The smallest absolute Gasteiger partial charge is 0.205 e. The summed E-state index contributed by atoms with van der Waals surface area (Å²) in [5, 5.41) is 13.7. The molecule has 0 radical (unpaired) electrons. The van der Waals surface area contributed by atoms with E-state index in [1.807, 2.05) is 54.1 Å². The van der Waals surface area contributed by atoms with E-state index in [-0.39, 0.29) is 5.41 Å². The van der Waals surface area contributed by atoms with Crippen molar-refractivity contribution in [3.05, 3.63) is 59.7 Å². The summed E-state index contributed by atoms with van der Waals surface area (Å²) in [6.07, 6.45) is -0.798. The van der Waals surface area contributed by atoms with Gasteiger partial charge in [0.05, 0.1) is 11.0 Å². The first-order valence-corrected chi connectivity index (χ1v) is 7.83. The Kier molecular flexibility index (Phi) is 3.86. The molecule has 1 unspecified atom stereocenters. The van der Waals surface area contributed by atoms with E-state index in [9.17, 15) is 5.11 Å². The van der Waals surface area contributed by atoms with Gasteiger partial charge in [0, 0.05) is 12.6 Å². The average Bonchev–Trinajstić information content (AvgIpc) is 2.83. The zero-order chi connectivity index (χ0) is 16.6. The molecule has 120 valence electrons. The molecule has 3 rings (SSSR count). The zero-order valence-electron chi connectivity index (χ0n) is 14.0. The third-order valence-electron chi connectivity index (χ3n) is 4.12. The molecule has 1 aromatic heterocycles. The molecule has 0 amide bonds. The predicted octanol–water partition coefficient (Wildman–Crippen LogP) is 3.97. The molecule has 0 saturated heterocycles. The molecule has 0 aliphatic carbocycles. The van der Waals surface area contributed by atoms with Crippen LogP contribution in [0, 0.1) is 0 Å². The quantitative estimate of drug-likeness (QED) is 0.720. The predicted molar refractivity (Wildman–Crippen MR) is 94.4 cm³/mol. The first-order valence-electron chi connectivity index (χ1n) is 7.83. The molecule has 0 bridgehead atoms. The second kappa shape index (κ2) is 5.70. The Bertz CT molecular complexity index is 830. The number of aromatic nitrogens is 2. The second-order valence-electron chi connectivity index (χ2n) is 6.91. The van der Waals surface area contributed by atoms with Gasteiger partial charge in [0.2, 0.25) is 5.95 Å². The Balaban J connectivity index is 1.89. The minimum atomic E-state index is -0.798. The lowest BCUT2D eigenvalue weighted by Gasteiger charge is -2.21. The Morgan fingerprint density at radius 2 is 1.83 bits per heavy atom. The van der Waals surface area contributed by atoms with Crippen molar-refractivity contribution in [3.63, 3.8) is 0 Å². The maximum absolute atomic E-state index is 10.5. The number of rotatable bonds is 3. The maximum atomic E-state index is 10.5. The first kappa shape index (κ1) is 15.6. The van der Waals surface area contributed by atoms with Crippen molar-refractivity contribution in [2.75, 3.05) is 5.32 Å². The van der Waals surface area contributed by atoms with Crippen molar-refractivity contribution >= 4 is 17.0 Å². The van der Waals surface area contributed by atoms with Crippen LogP contribution in [-0.4, -0.2) is 14.7 Å². The topological polar surface area (TPSA) is 50.1 Å². The molecule has 4 heteroatoms. The summed E-state index contributed by atoms with van der Waals surface area (Å²) in [4.78, 5) is 4.54. The van der Waals surface area contributed by atoms with Crippen LogP contribution in [0.15, 0.2) is 48.5 Å². The number of aryl methyl sites for hydroxylation is 1. The van der Waals surface area contributed by atoms with Gasteiger partial charge in [-0.05, 0) is 23.1 Å². The number of anilines is 1. The number of imidazole rings is 1. The number of nitrogens with one attached hydrogen (secondary N) is 1. The molecule has 2 aromatic carbocycles. The Labute approximate surface area is 136 Å². The minimum absolute atomic E-state index is 0.0492. The fourth-order valence-corrected chi connectivity index (χ4v) is 2.66. The first-order chi connectivity index (χ1) is 10.9. The monoisotopic (exact) mass is 309 g/mol. The fourth-order valence-electron chi connectivity index (χ4n) is 2.66. The van der Waals surface area contributed by atoms with Crippen LogP contribution in [0.4, 0.5) is 5.95 Å². The highest BCUT2D eigenvalue weighted by Crippen LogP contribution is 2.26. The lowest BCUT2D eigenvalue weighted by molar-refractivity contribution is 0.206. The molecule has 0 aliphatic heterocycles. The molecule has 23 heavy (non-hydrogen) atoms. The normalized spacial score (nSPS) is 13.3. The largest absolute Gasteiger partial charge is 0.369 e. The highest BCUT2D eigenvalue weighted by atomic mass is 16.3. The standard InChI is InChI=1S/C19H23N3O/c1-19(2,3)14-9-7-8-13(12-14)17(23)21-18-20-15-10-5-6-11-16(15)22(18)4/h5-12,17,23H,1-4H3,(H,20,21). The van der Waals surface area contributed by atoms with Crippen LogP contribution >= 0.6 is 0 Å². The summed E-state index contributed by atoms with van der Waals surface area (Å²) < 4.78 is 1.95. The fraction of sp³-hybridized carbons (Fsp3) is 0.316. The lowest BCUT2D eigenvalue weighted by Crippen LogP contribution is -2.15. The van der Waals surface area contributed by atoms with Crippen LogP contribution in [0.3, 0.4) is 0 Å². The molecule has 2 N–H and O–H groups in total. The summed E-state index contributed by atoms with van der Waals surface area (Å²) in [5.41, 5.74) is 4.03. The molecule has 1 heterocycles. The van der Waals surface area contributed by atoms with Gasteiger partial charge < -0.3 is 15.0 Å². The summed E-state index contributed by atoms with van der Waals surface area (Å²) >= 11 is 0. The highest BCUT2D eigenvalue weighted by molar-refractivity contribution is 5.78. The molecule has 0 saturated carbocycles. The van der Waals surface area contributed by atoms with Crippen LogP contribution in [0.2, 0.25) is 0 Å². The number of para-hydroxylation sites is 2. The molecule has 0 aliphatic rings. The van der Waals surface area contributed by atoms with Crippen LogP contribution in [0.1, 0.15) is 38.1 Å². The number of fused-ring (bicyclic) bond motifs is 1. The number of nitrogens with zero attached hydrogens (tertiary/aromatic N) is 2. The van der Waals surface area contributed by atoms with Crippen molar-refractivity contribution in [1.82, 2.24) is 9.55 Å². The third-order valence-corrected chi connectivity index (χ3v) is 4.12. The zero-order valence-corrected chi connectivity index (χ0v) is 14.0. The van der Waals surface area contributed by atoms with Gasteiger partial charge >= 0.3 is 0 Å². The summed E-state index contributed by atoms with van der Waals surface area (Å²) in [6.45, 7) is 6.49.